The first kappa shape index (κ1) is 22.1. The zero-order chi connectivity index (χ0) is 20.7. The number of aryl methyl sites for hydroxylation is 1. The lowest BCUT2D eigenvalue weighted by Crippen LogP contribution is -2.49. The van der Waals surface area contributed by atoms with Crippen LogP contribution in [0.3, 0.4) is 0 Å². The maximum atomic E-state index is 13.0. The fraction of sp³-hybridized carbons (Fsp3) is 0.333. The van der Waals surface area contributed by atoms with Crippen molar-refractivity contribution < 1.29 is 14.3 Å². The topological polar surface area (TPSA) is 58.6 Å². The van der Waals surface area contributed by atoms with E-state index in [0.717, 1.165) is 5.56 Å². The van der Waals surface area contributed by atoms with Crippen molar-refractivity contribution in [3.63, 3.8) is 0 Å². The van der Waals surface area contributed by atoms with Crippen molar-refractivity contribution in [3.05, 3.63) is 63.6 Å². The van der Waals surface area contributed by atoms with Crippen LogP contribution in [0.2, 0.25) is 10.0 Å². The molecule has 7 heteroatoms. The minimum absolute atomic E-state index is 0.178. The van der Waals surface area contributed by atoms with Crippen LogP contribution in [0, 0.1) is 6.92 Å². The molecule has 5 nitrogen and oxygen atoms in total. The lowest BCUT2D eigenvalue weighted by Gasteiger charge is -2.30. The van der Waals surface area contributed by atoms with Crippen LogP contribution in [0.25, 0.3) is 0 Å². The van der Waals surface area contributed by atoms with Gasteiger partial charge in [0.2, 0.25) is 5.91 Å². The van der Waals surface area contributed by atoms with Gasteiger partial charge in [-0.3, -0.25) is 9.59 Å². The quantitative estimate of drug-likeness (QED) is 0.691. The number of benzene rings is 2. The van der Waals surface area contributed by atoms with Crippen molar-refractivity contribution in [2.24, 2.45) is 0 Å². The summed E-state index contributed by atoms with van der Waals surface area (Å²) in [5, 5.41) is 3.56. The van der Waals surface area contributed by atoms with Gasteiger partial charge in [-0.1, -0.05) is 48.3 Å². The summed E-state index contributed by atoms with van der Waals surface area (Å²) in [5.41, 5.74) is 1.74. The van der Waals surface area contributed by atoms with Gasteiger partial charge >= 0.3 is 0 Å². The first-order valence-electron chi connectivity index (χ1n) is 9.00. The molecule has 0 saturated carbocycles. The SMILES string of the molecule is CCC(C(=O)NC)N(Cc1ccc(Cl)cc1Cl)C(=O)COc1cccc(C)c1. The average molecular weight is 423 g/mol. The fourth-order valence-corrected chi connectivity index (χ4v) is 3.32. The predicted octanol–water partition coefficient (Wildman–Crippen LogP) is 4.23. The maximum Gasteiger partial charge on any atom is 0.261 e. The largest absolute Gasteiger partial charge is 0.484 e. The van der Waals surface area contributed by atoms with Crippen LogP contribution >= 0.6 is 23.2 Å². The molecule has 0 fully saturated rings. The van der Waals surface area contributed by atoms with Gasteiger partial charge in [-0.15, -0.1) is 0 Å². The molecule has 0 heterocycles. The molecule has 0 bridgehead atoms. The number of amides is 2. The van der Waals surface area contributed by atoms with Gasteiger partial charge in [0.05, 0.1) is 0 Å². The predicted molar refractivity (Wildman–Crippen MR) is 112 cm³/mol. The Labute approximate surface area is 175 Å². The molecular weight excluding hydrogens is 399 g/mol. The molecule has 2 rings (SSSR count). The molecule has 0 radical (unpaired) electrons. The van der Waals surface area contributed by atoms with Crippen molar-refractivity contribution in [2.75, 3.05) is 13.7 Å². The van der Waals surface area contributed by atoms with Gasteiger partial charge in [-0.2, -0.15) is 0 Å². The van der Waals surface area contributed by atoms with Crippen LogP contribution in [0.4, 0.5) is 0 Å². The summed E-state index contributed by atoms with van der Waals surface area (Å²) >= 11 is 12.2. The van der Waals surface area contributed by atoms with Crippen molar-refractivity contribution in [1.82, 2.24) is 10.2 Å². The summed E-state index contributed by atoms with van der Waals surface area (Å²) in [5.74, 6) is 0.0604. The number of hydrogen-bond acceptors (Lipinski definition) is 3. The molecule has 2 aromatic carbocycles. The summed E-state index contributed by atoms with van der Waals surface area (Å²) < 4.78 is 5.65. The van der Waals surface area contributed by atoms with Crippen molar-refractivity contribution in [2.45, 2.75) is 32.9 Å². The molecule has 1 N–H and O–H groups in total. The third kappa shape index (κ3) is 5.88. The molecule has 28 heavy (non-hydrogen) atoms. The first-order valence-corrected chi connectivity index (χ1v) is 9.75. The number of ether oxygens (including phenoxy) is 1. The van der Waals surface area contributed by atoms with Gasteiger partial charge in [-0.05, 0) is 48.7 Å². The van der Waals surface area contributed by atoms with Gasteiger partial charge in [0.25, 0.3) is 5.91 Å². The van der Waals surface area contributed by atoms with E-state index in [2.05, 4.69) is 5.32 Å². The van der Waals surface area contributed by atoms with E-state index in [0.29, 0.717) is 27.8 Å². The normalized spacial score (nSPS) is 11.6. The molecule has 0 spiro atoms. The van der Waals surface area contributed by atoms with E-state index in [4.69, 9.17) is 27.9 Å². The van der Waals surface area contributed by atoms with Crippen LogP contribution in [0.15, 0.2) is 42.5 Å². The second-order valence-corrected chi connectivity index (χ2v) is 7.24. The Morgan fingerprint density at radius 3 is 2.54 bits per heavy atom. The molecule has 2 amide bonds. The van der Waals surface area contributed by atoms with Crippen LogP contribution in [0.1, 0.15) is 24.5 Å². The highest BCUT2D eigenvalue weighted by atomic mass is 35.5. The molecule has 0 aliphatic carbocycles. The van der Waals surface area contributed by atoms with Gasteiger partial charge in [-0.25, -0.2) is 0 Å². The zero-order valence-corrected chi connectivity index (χ0v) is 17.7. The number of rotatable bonds is 8. The fourth-order valence-electron chi connectivity index (χ4n) is 2.85. The Kier molecular flexibility index (Phi) is 8.15. The van der Waals surface area contributed by atoms with Crippen molar-refractivity contribution >= 4 is 35.0 Å². The van der Waals surface area contributed by atoms with Crippen molar-refractivity contribution in [1.29, 1.82) is 0 Å². The number of nitrogens with zero attached hydrogens (tertiary/aromatic N) is 1. The molecule has 150 valence electrons. The number of likely N-dealkylation sites (N-methyl/N-ethyl adjacent to an activating group) is 1. The second-order valence-electron chi connectivity index (χ2n) is 6.40. The zero-order valence-electron chi connectivity index (χ0n) is 16.2. The van der Waals surface area contributed by atoms with Crippen molar-refractivity contribution in [3.8, 4) is 5.75 Å². The Balaban J connectivity index is 2.23. The highest BCUT2D eigenvalue weighted by molar-refractivity contribution is 6.35. The van der Waals surface area contributed by atoms with E-state index >= 15 is 0 Å². The van der Waals surface area contributed by atoms with Crippen LogP contribution < -0.4 is 10.1 Å². The molecule has 1 atom stereocenters. The van der Waals surface area contributed by atoms with Crippen LogP contribution in [-0.2, 0) is 16.1 Å². The lowest BCUT2D eigenvalue weighted by molar-refractivity contribution is -0.142. The Morgan fingerprint density at radius 2 is 1.93 bits per heavy atom. The molecule has 0 saturated heterocycles. The number of carbonyl (C=O) groups is 2. The van der Waals surface area contributed by atoms with Gasteiger partial charge in [0, 0.05) is 23.6 Å². The van der Waals surface area contributed by atoms with E-state index in [1.807, 2.05) is 32.0 Å². The Morgan fingerprint density at radius 1 is 1.18 bits per heavy atom. The number of nitrogens with one attached hydrogen (secondary N) is 1. The summed E-state index contributed by atoms with van der Waals surface area (Å²) in [6.07, 6.45) is 0.459. The van der Waals surface area contributed by atoms with E-state index in [-0.39, 0.29) is 25.0 Å². The molecule has 2 aromatic rings. The molecule has 0 aliphatic heterocycles. The van der Waals surface area contributed by atoms with E-state index in [1.165, 1.54) is 4.90 Å². The smallest absolute Gasteiger partial charge is 0.261 e. The summed E-state index contributed by atoms with van der Waals surface area (Å²) in [6.45, 7) is 3.80. The number of hydrogen-bond donors (Lipinski definition) is 1. The highest BCUT2D eigenvalue weighted by Crippen LogP contribution is 2.24. The third-order valence-electron chi connectivity index (χ3n) is 4.34. The van der Waals surface area contributed by atoms with E-state index < -0.39 is 6.04 Å². The number of halogens is 2. The number of carbonyl (C=O) groups excluding carboxylic acids is 2. The monoisotopic (exact) mass is 422 g/mol. The Hall–Kier alpha value is -2.24. The van der Waals surface area contributed by atoms with Crippen LogP contribution in [0.5, 0.6) is 5.75 Å². The minimum atomic E-state index is -0.634. The van der Waals surface area contributed by atoms with E-state index in [1.54, 1.807) is 31.3 Å². The first-order chi connectivity index (χ1) is 13.3. The molecule has 1 unspecified atom stereocenters. The lowest BCUT2D eigenvalue weighted by atomic mass is 10.1. The van der Waals surface area contributed by atoms with E-state index in [9.17, 15) is 9.59 Å². The minimum Gasteiger partial charge on any atom is -0.484 e. The average Bonchev–Trinajstić information content (AvgIpc) is 2.67. The van der Waals surface area contributed by atoms with Gasteiger partial charge in [0.1, 0.15) is 11.8 Å². The summed E-state index contributed by atoms with van der Waals surface area (Å²) in [4.78, 5) is 26.8. The third-order valence-corrected chi connectivity index (χ3v) is 4.93. The summed E-state index contributed by atoms with van der Waals surface area (Å²) in [6, 6.07) is 11.9. The van der Waals surface area contributed by atoms with Gasteiger partial charge < -0.3 is 15.0 Å². The highest BCUT2D eigenvalue weighted by Gasteiger charge is 2.28. The molecule has 0 aromatic heterocycles. The molecular formula is C21H24Cl2N2O3. The van der Waals surface area contributed by atoms with Crippen LogP contribution in [-0.4, -0.2) is 36.4 Å². The Bertz CT molecular complexity index is 842. The summed E-state index contributed by atoms with van der Waals surface area (Å²) in [7, 11) is 1.55. The standard InChI is InChI=1S/C21H24Cl2N2O3/c1-4-19(21(27)24-3)25(12-15-8-9-16(22)11-18(15)23)20(26)13-28-17-7-5-6-14(2)10-17/h5-11,19H,4,12-13H2,1-3H3,(H,24,27). The van der Waals surface area contributed by atoms with Gasteiger partial charge in [0.15, 0.2) is 6.61 Å². The second kappa shape index (κ2) is 10.3. The maximum absolute atomic E-state index is 13.0. The molecule has 0 aliphatic rings.